The molecule has 0 radical (unpaired) electrons. The van der Waals surface area contributed by atoms with E-state index in [0.29, 0.717) is 6.54 Å². The Bertz CT molecular complexity index is 263. The molecule has 0 aromatic carbocycles. The molecule has 1 atom stereocenters. The van der Waals surface area contributed by atoms with Gasteiger partial charge in [-0.3, -0.25) is 0 Å². The fourth-order valence-electron chi connectivity index (χ4n) is 2.12. The van der Waals surface area contributed by atoms with Gasteiger partial charge in [-0.1, -0.05) is 0 Å². The Labute approximate surface area is 109 Å². The van der Waals surface area contributed by atoms with Crippen molar-refractivity contribution in [3.8, 4) is 0 Å². The largest absolute Gasteiger partial charge is 0.444 e. The van der Waals surface area contributed by atoms with Crippen LogP contribution < -0.4 is 5.32 Å². The lowest BCUT2D eigenvalue weighted by molar-refractivity contribution is 0.00991. The third kappa shape index (κ3) is 5.23. The summed E-state index contributed by atoms with van der Waals surface area (Å²) in [7, 11) is 0. The van der Waals surface area contributed by atoms with Gasteiger partial charge >= 0.3 is 6.09 Å². The first kappa shape index (κ1) is 15.2. The summed E-state index contributed by atoms with van der Waals surface area (Å²) in [4.78, 5) is 13.9. The standard InChI is InChI=1S/C13H26N2O3/c1-13(2,3)18-12(17)15-8-5-4-6-11(15)10-14-7-9-16/h11,14,16H,4-10H2,1-3H3. The predicted molar refractivity (Wildman–Crippen MR) is 70.5 cm³/mol. The van der Waals surface area contributed by atoms with Crippen LogP contribution in [0.2, 0.25) is 0 Å². The van der Waals surface area contributed by atoms with Crippen molar-refractivity contribution in [2.45, 2.75) is 51.7 Å². The monoisotopic (exact) mass is 258 g/mol. The molecule has 1 fully saturated rings. The summed E-state index contributed by atoms with van der Waals surface area (Å²) >= 11 is 0. The van der Waals surface area contributed by atoms with Crippen molar-refractivity contribution in [2.75, 3.05) is 26.2 Å². The second kappa shape index (κ2) is 6.95. The maximum atomic E-state index is 12.1. The first-order valence-corrected chi connectivity index (χ1v) is 6.75. The molecule has 0 aliphatic carbocycles. The van der Waals surface area contributed by atoms with Gasteiger partial charge in [0, 0.05) is 25.7 Å². The lowest BCUT2D eigenvalue weighted by atomic mass is 10.0. The molecule has 1 aliphatic heterocycles. The summed E-state index contributed by atoms with van der Waals surface area (Å²) in [6, 6.07) is 0.181. The van der Waals surface area contributed by atoms with Crippen molar-refractivity contribution < 1.29 is 14.6 Å². The smallest absolute Gasteiger partial charge is 0.410 e. The van der Waals surface area contributed by atoms with Crippen molar-refractivity contribution in [2.24, 2.45) is 0 Å². The number of rotatable bonds is 4. The van der Waals surface area contributed by atoms with Crippen LogP contribution in [0.5, 0.6) is 0 Å². The van der Waals surface area contributed by atoms with Gasteiger partial charge < -0.3 is 20.1 Å². The van der Waals surface area contributed by atoms with Crippen molar-refractivity contribution in [1.29, 1.82) is 0 Å². The van der Waals surface area contributed by atoms with Crippen LogP contribution in [0, 0.1) is 0 Å². The minimum Gasteiger partial charge on any atom is -0.444 e. The van der Waals surface area contributed by atoms with E-state index in [2.05, 4.69) is 5.32 Å². The average molecular weight is 258 g/mol. The summed E-state index contributed by atoms with van der Waals surface area (Å²) in [6.07, 6.45) is 2.95. The van der Waals surface area contributed by atoms with Gasteiger partial charge in [0.1, 0.15) is 5.60 Å². The molecule has 0 aromatic rings. The number of ether oxygens (including phenoxy) is 1. The van der Waals surface area contributed by atoms with Crippen LogP contribution in [-0.4, -0.2) is 54.0 Å². The van der Waals surface area contributed by atoms with E-state index >= 15 is 0 Å². The fourth-order valence-corrected chi connectivity index (χ4v) is 2.12. The van der Waals surface area contributed by atoms with Gasteiger partial charge in [0.25, 0.3) is 0 Å². The summed E-state index contributed by atoms with van der Waals surface area (Å²) in [6.45, 7) is 7.83. The van der Waals surface area contributed by atoms with Crippen molar-refractivity contribution in [3.05, 3.63) is 0 Å². The molecule has 18 heavy (non-hydrogen) atoms. The lowest BCUT2D eigenvalue weighted by Gasteiger charge is -2.36. The summed E-state index contributed by atoms with van der Waals surface area (Å²) in [5.74, 6) is 0. The minimum absolute atomic E-state index is 0.124. The highest BCUT2D eigenvalue weighted by Crippen LogP contribution is 2.19. The third-order valence-corrected chi connectivity index (χ3v) is 2.92. The first-order valence-electron chi connectivity index (χ1n) is 6.75. The highest BCUT2D eigenvalue weighted by Gasteiger charge is 2.29. The number of nitrogens with one attached hydrogen (secondary N) is 1. The number of hydrogen-bond acceptors (Lipinski definition) is 4. The van der Waals surface area contributed by atoms with Crippen LogP contribution >= 0.6 is 0 Å². The number of aliphatic hydroxyl groups is 1. The van der Waals surface area contributed by atoms with E-state index in [1.807, 2.05) is 25.7 Å². The van der Waals surface area contributed by atoms with E-state index in [0.717, 1.165) is 32.4 Å². The zero-order valence-electron chi connectivity index (χ0n) is 11.7. The zero-order chi connectivity index (χ0) is 13.6. The molecule has 1 amide bonds. The van der Waals surface area contributed by atoms with Crippen molar-refractivity contribution >= 4 is 6.09 Å². The molecule has 1 heterocycles. The molecule has 5 heteroatoms. The molecule has 2 N–H and O–H groups in total. The van der Waals surface area contributed by atoms with Crippen LogP contribution in [-0.2, 0) is 4.74 Å². The van der Waals surface area contributed by atoms with E-state index in [9.17, 15) is 4.79 Å². The number of carbonyl (C=O) groups excluding carboxylic acids is 1. The molecule has 5 nitrogen and oxygen atoms in total. The normalized spacial score (nSPS) is 20.9. The number of nitrogens with zero attached hydrogens (tertiary/aromatic N) is 1. The van der Waals surface area contributed by atoms with Gasteiger partial charge in [0.15, 0.2) is 0 Å². The molecule has 1 saturated heterocycles. The first-order chi connectivity index (χ1) is 8.44. The second-order valence-electron chi connectivity index (χ2n) is 5.75. The number of carbonyl (C=O) groups is 1. The van der Waals surface area contributed by atoms with Crippen LogP contribution in [0.25, 0.3) is 0 Å². The highest BCUT2D eigenvalue weighted by molar-refractivity contribution is 5.68. The Balaban J connectivity index is 2.50. The highest BCUT2D eigenvalue weighted by atomic mass is 16.6. The van der Waals surface area contributed by atoms with Gasteiger partial charge in [-0.05, 0) is 40.0 Å². The van der Waals surface area contributed by atoms with E-state index in [1.165, 1.54) is 0 Å². The van der Waals surface area contributed by atoms with E-state index in [4.69, 9.17) is 9.84 Å². The number of aliphatic hydroxyl groups excluding tert-OH is 1. The molecular formula is C13H26N2O3. The Hall–Kier alpha value is -0.810. The van der Waals surface area contributed by atoms with Gasteiger partial charge in [-0.15, -0.1) is 0 Å². The molecule has 0 spiro atoms. The van der Waals surface area contributed by atoms with E-state index in [-0.39, 0.29) is 18.7 Å². The number of hydrogen-bond donors (Lipinski definition) is 2. The Morgan fingerprint density at radius 3 is 2.78 bits per heavy atom. The molecule has 0 bridgehead atoms. The lowest BCUT2D eigenvalue weighted by Crippen LogP contribution is -2.50. The summed E-state index contributed by atoms with van der Waals surface area (Å²) < 4.78 is 5.42. The van der Waals surface area contributed by atoms with Crippen LogP contribution in [0.4, 0.5) is 4.79 Å². The number of amides is 1. The Morgan fingerprint density at radius 2 is 2.17 bits per heavy atom. The Kier molecular flexibility index (Phi) is 5.88. The fraction of sp³-hybridized carbons (Fsp3) is 0.923. The third-order valence-electron chi connectivity index (χ3n) is 2.92. The van der Waals surface area contributed by atoms with Gasteiger partial charge in [-0.25, -0.2) is 4.79 Å². The maximum absolute atomic E-state index is 12.1. The molecule has 1 unspecified atom stereocenters. The van der Waals surface area contributed by atoms with Crippen molar-refractivity contribution in [1.82, 2.24) is 10.2 Å². The SMILES string of the molecule is CC(C)(C)OC(=O)N1CCCCC1CNCCO. The topological polar surface area (TPSA) is 61.8 Å². The second-order valence-corrected chi connectivity index (χ2v) is 5.75. The number of piperidine rings is 1. The molecular weight excluding hydrogens is 232 g/mol. The molecule has 0 aromatic heterocycles. The van der Waals surface area contributed by atoms with Gasteiger partial charge in [-0.2, -0.15) is 0 Å². The quantitative estimate of drug-likeness (QED) is 0.747. The Morgan fingerprint density at radius 1 is 1.44 bits per heavy atom. The van der Waals surface area contributed by atoms with Crippen LogP contribution in [0.3, 0.4) is 0 Å². The zero-order valence-corrected chi connectivity index (χ0v) is 11.7. The minimum atomic E-state index is -0.447. The molecule has 106 valence electrons. The van der Waals surface area contributed by atoms with E-state index < -0.39 is 5.60 Å². The van der Waals surface area contributed by atoms with Crippen molar-refractivity contribution in [3.63, 3.8) is 0 Å². The summed E-state index contributed by atoms with van der Waals surface area (Å²) in [5.41, 5.74) is -0.447. The molecule has 1 aliphatic rings. The predicted octanol–water partition coefficient (Wildman–Crippen LogP) is 1.36. The maximum Gasteiger partial charge on any atom is 0.410 e. The summed E-state index contributed by atoms with van der Waals surface area (Å²) in [5, 5.41) is 11.9. The van der Waals surface area contributed by atoms with Gasteiger partial charge in [0.05, 0.1) is 6.61 Å². The van der Waals surface area contributed by atoms with E-state index in [1.54, 1.807) is 0 Å². The van der Waals surface area contributed by atoms with Gasteiger partial charge in [0.2, 0.25) is 0 Å². The van der Waals surface area contributed by atoms with Crippen LogP contribution in [0.1, 0.15) is 40.0 Å². The molecule has 1 rings (SSSR count). The molecule has 0 saturated carbocycles. The van der Waals surface area contributed by atoms with Crippen LogP contribution in [0.15, 0.2) is 0 Å². The number of likely N-dealkylation sites (tertiary alicyclic amines) is 1. The average Bonchev–Trinajstić information content (AvgIpc) is 2.27.